The van der Waals surface area contributed by atoms with Crippen LogP contribution in [0.5, 0.6) is 0 Å². The van der Waals surface area contributed by atoms with Crippen LogP contribution in [0.1, 0.15) is 26.3 Å². The Hall–Kier alpha value is -1.55. The molecule has 0 spiro atoms. The van der Waals surface area contributed by atoms with Crippen LogP contribution in [0.3, 0.4) is 0 Å². The number of sulfonamides is 1. The first-order valence-electron chi connectivity index (χ1n) is 8.64. The standard InChI is InChI=1S/C17H21Cl2N3O5S/c1-16(2,3)27-15(24)21-6-8-22(9-7-21)28(25,26)11-4-5-13-12(10-11)17(18,19)14(23)20-13/h4-5,10H,6-9H2,1-3H3,(H,20,23). The highest BCUT2D eigenvalue weighted by Crippen LogP contribution is 2.45. The van der Waals surface area contributed by atoms with Crippen molar-refractivity contribution in [2.45, 2.75) is 35.6 Å². The third-order valence-corrected chi connectivity index (χ3v) is 7.04. The van der Waals surface area contributed by atoms with Gasteiger partial charge in [0.25, 0.3) is 5.91 Å². The largest absolute Gasteiger partial charge is 0.444 e. The molecule has 0 aliphatic carbocycles. The minimum Gasteiger partial charge on any atom is -0.444 e. The highest BCUT2D eigenvalue weighted by atomic mass is 35.5. The molecule has 154 valence electrons. The average molecular weight is 450 g/mol. The number of rotatable bonds is 2. The van der Waals surface area contributed by atoms with E-state index in [2.05, 4.69) is 5.32 Å². The first-order chi connectivity index (χ1) is 12.8. The van der Waals surface area contributed by atoms with Crippen molar-refractivity contribution >= 4 is 50.9 Å². The van der Waals surface area contributed by atoms with Crippen molar-refractivity contribution in [1.82, 2.24) is 9.21 Å². The Morgan fingerprint density at radius 2 is 1.79 bits per heavy atom. The fourth-order valence-electron chi connectivity index (χ4n) is 2.96. The second-order valence-electron chi connectivity index (χ2n) is 7.61. The minimum absolute atomic E-state index is 0.0147. The summed E-state index contributed by atoms with van der Waals surface area (Å²) in [7, 11) is -3.84. The molecule has 2 heterocycles. The van der Waals surface area contributed by atoms with Gasteiger partial charge in [0, 0.05) is 37.4 Å². The van der Waals surface area contributed by atoms with Gasteiger partial charge in [-0.15, -0.1) is 0 Å². The van der Waals surface area contributed by atoms with Crippen molar-refractivity contribution < 1.29 is 22.7 Å². The molecule has 2 amide bonds. The molecule has 3 rings (SSSR count). The van der Waals surface area contributed by atoms with Crippen LogP contribution in [0.15, 0.2) is 23.1 Å². The van der Waals surface area contributed by atoms with Gasteiger partial charge in [-0.3, -0.25) is 4.79 Å². The van der Waals surface area contributed by atoms with E-state index in [0.29, 0.717) is 5.69 Å². The van der Waals surface area contributed by atoms with Crippen LogP contribution in [0.25, 0.3) is 0 Å². The molecule has 2 aliphatic rings. The van der Waals surface area contributed by atoms with E-state index in [9.17, 15) is 18.0 Å². The van der Waals surface area contributed by atoms with Gasteiger partial charge in [0.05, 0.1) is 4.90 Å². The lowest BCUT2D eigenvalue weighted by molar-refractivity contribution is -0.116. The van der Waals surface area contributed by atoms with E-state index in [-0.39, 0.29) is 36.6 Å². The Bertz CT molecular complexity index is 919. The fraction of sp³-hybridized carbons (Fsp3) is 0.529. The van der Waals surface area contributed by atoms with Gasteiger partial charge in [-0.25, -0.2) is 13.2 Å². The molecule has 28 heavy (non-hydrogen) atoms. The van der Waals surface area contributed by atoms with Gasteiger partial charge in [-0.2, -0.15) is 4.31 Å². The first-order valence-corrected chi connectivity index (χ1v) is 10.8. The quantitative estimate of drug-likeness (QED) is 0.699. The molecule has 1 aromatic rings. The van der Waals surface area contributed by atoms with Gasteiger partial charge in [0.15, 0.2) is 0 Å². The third-order valence-electron chi connectivity index (χ3n) is 4.39. The van der Waals surface area contributed by atoms with Gasteiger partial charge >= 0.3 is 6.09 Å². The molecule has 1 N–H and O–H groups in total. The Labute approximate surface area is 173 Å². The number of piperazine rings is 1. The van der Waals surface area contributed by atoms with Crippen LogP contribution >= 0.6 is 23.2 Å². The predicted octanol–water partition coefficient (Wildman–Crippen LogP) is 2.51. The zero-order chi connectivity index (χ0) is 20.9. The summed E-state index contributed by atoms with van der Waals surface area (Å²) >= 11 is 12.1. The number of carbonyl (C=O) groups is 2. The smallest absolute Gasteiger partial charge is 0.410 e. The maximum atomic E-state index is 13.0. The molecular formula is C17H21Cl2N3O5S. The molecule has 0 saturated carbocycles. The lowest BCUT2D eigenvalue weighted by atomic mass is 10.1. The van der Waals surface area contributed by atoms with Crippen molar-refractivity contribution in [3.05, 3.63) is 23.8 Å². The predicted molar refractivity (Wildman–Crippen MR) is 105 cm³/mol. The molecule has 8 nitrogen and oxygen atoms in total. The number of nitrogens with zero attached hydrogens (tertiary/aromatic N) is 2. The summed E-state index contributed by atoms with van der Waals surface area (Å²) in [5, 5.41) is 2.51. The highest BCUT2D eigenvalue weighted by Gasteiger charge is 2.44. The number of hydrogen-bond acceptors (Lipinski definition) is 5. The van der Waals surface area contributed by atoms with Crippen molar-refractivity contribution in [2.24, 2.45) is 0 Å². The second-order valence-corrected chi connectivity index (χ2v) is 10.9. The van der Waals surface area contributed by atoms with Gasteiger partial charge < -0.3 is 15.0 Å². The van der Waals surface area contributed by atoms with Crippen LogP contribution < -0.4 is 5.32 Å². The number of ether oxygens (including phenoxy) is 1. The Morgan fingerprint density at radius 1 is 1.18 bits per heavy atom. The summed E-state index contributed by atoms with van der Waals surface area (Å²) < 4.78 is 30.7. The van der Waals surface area contributed by atoms with E-state index >= 15 is 0 Å². The summed E-state index contributed by atoms with van der Waals surface area (Å²) in [6.07, 6.45) is -0.472. The molecular weight excluding hydrogens is 429 g/mol. The number of halogens is 2. The maximum absolute atomic E-state index is 13.0. The fourth-order valence-corrected chi connectivity index (χ4v) is 4.82. The molecule has 11 heteroatoms. The van der Waals surface area contributed by atoms with Gasteiger partial charge in [0.2, 0.25) is 14.4 Å². The zero-order valence-electron chi connectivity index (χ0n) is 15.7. The maximum Gasteiger partial charge on any atom is 0.410 e. The Kier molecular flexibility index (Phi) is 5.33. The summed E-state index contributed by atoms with van der Waals surface area (Å²) in [6, 6.07) is 4.16. The Morgan fingerprint density at radius 3 is 2.36 bits per heavy atom. The van der Waals surface area contributed by atoms with E-state index in [1.807, 2.05) is 0 Å². The lowest BCUT2D eigenvalue weighted by Gasteiger charge is -2.35. The number of hydrogen-bond donors (Lipinski definition) is 1. The van der Waals surface area contributed by atoms with Crippen molar-refractivity contribution in [1.29, 1.82) is 0 Å². The normalized spacial score (nSPS) is 19.9. The molecule has 0 radical (unpaired) electrons. The topological polar surface area (TPSA) is 96.0 Å². The minimum atomic E-state index is -3.84. The number of carbonyl (C=O) groups excluding carboxylic acids is 2. The lowest BCUT2D eigenvalue weighted by Crippen LogP contribution is -2.51. The second kappa shape index (κ2) is 7.05. The molecule has 0 aromatic heterocycles. The van der Waals surface area contributed by atoms with E-state index in [1.54, 1.807) is 20.8 Å². The first kappa shape index (κ1) is 21.2. The molecule has 0 bridgehead atoms. The SMILES string of the molecule is CC(C)(C)OC(=O)N1CCN(S(=O)(=O)c2ccc3c(c2)C(Cl)(Cl)C(=O)N3)CC1. The molecule has 1 saturated heterocycles. The molecule has 0 unspecified atom stereocenters. The van der Waals surface area contributed by atoms with Crippen LogP contribution in [0.2, 0.25) is 0 Å². The number of anilines is 1. The van der Waals surface area contributed by atoms with E-state index < -0.39 is 32.0 Å². The summed E-state index contributed by atoms with van der Waals surface area (Å²) in [5.74, 6) is -0.619. The van der Waals surface area contributed by atoms with Gasteiger partial charge in [-0.05, 0) is 39.0 Å². The van der Waals surface area contributed by atoms with Crippen molar-refractivity contribution in [3.8, 4) is 0 Å². The Balaban J connectivity index is 1.75. The number of benzene rings is 1. The molecule has 2 aliphatic heterocycles. The van der Waals surface area contributed by atoms with Gasteiger partial charge in [-0.1, -0.05) is 23.2 Å². The van der Waals surface area contributed by atoms with Crippen LogP contribution in [-0.4, -0.2) is 61.4 Å². The number of nitrogens with one attached hydrogen (secondary N) is 1. The van der Waals surface area contributed by atoms with Crippen molar-refractivity contribution in [2.75, 3.05) is 31.5 Å². The van der Waals surface area contributed by atoms with Crippen molar-refractivity contribution in [3.63, 3.8) is 0 Å². The van der Waals surface area contributed by atoms with Crippen LogP contribution in [-0.2, 0) is 23.9 Å². The van der Waals surface area contributed by atoms with Crippen LogP contribution in [0, 0.1) is 0 Å². The summed E-state index contributed by atoms with van der Waals surface area (Å²) in [6.45, 7) is 6.00. The highest BCUT2D eigenvalue weighted by molar-refractivity contribution is 7.89. The number of fused-ring (bicyclic) bond motifs is 1. The monoisotopic (exact) mass is 449 g/mol. The summed E-state index contributed by atoms with van der Waals surface area (Å²) in [4.78, 5) is 25.4. The number of amides is 2. The van der Waals surface area contributed by atoms with Gasteiger partial charge in [0.1, 0.15) is 5.60 Å². The number of alkyl halides is 2. The molecule has 0 atom stereocenters. The molecule has 1 aromatic carbocycles. The summed E-state index contributed by atoms with van der Waals surface area (Å²) in [5.41, 5.74) is -0.0378. The third kappa shape index (κ3) is 3.94. The van der Waals surface area contributed by atoms with E-state index in [0.717, 1.165) is 0 Å². The molecule has 1 fully saturated rings. The zero-order valence-corrected chi connectivity index (χ0v) is 18.0. The van der Waals surface area contributed by atoms with Crippen LogP contribution in [0.4, 0.5) is 10.5 Å². The van der Waals surface area contributed by atoms with E-state index in [1.165, 1.54) is 27.4 Å². The van der Waals surface area contributed by atoms with E-state index in [4.69, 9.17) is 27.9 Å². The average Bonchev–Trinajstić information content (AvgIpc) is 2.82.